The highest BCUT2D eigenvalue weighted by molar-refractivity contribution is 7.89. The molecule has 1 fully saturated rings. The SMILES string of the molecule is NCc1cccc(NC(=O)[C@@H](NS(=O)(=O)C[C@H]2CCCCO2)c2ccc(OCc3ccccc3)cc2)c1. The minimum Gasteiger partial charge on any atom is -0.489 e. The summed E-state index contributed by atoms with van der Waals surface area (Å²) >= 11 is 0. The van der Waals surface area contributed by atoms with Gasteiger partial charge in [-0.15, -0.1) is 0 Å². The van der Waals surface area contributed by atoms with Crippen LogP contribution in [-0.4, -0.2) is 32.8 Å². The highest BCUT2D eigenvalue weighted by Crippen LogP contribution is 2.23. The summed E-state index contributed by atoms with van der Waals surface area (Å²) in [7, 11) is -3.82. The number of carbonyl (C=O) groups excluding carboxylic acids is 1. The van der Waals surface area contributed by atoms with Gasteiger partial charge in [-0.3, -0.25) is 4.79 Å². The van der Waals surface area contributed by atoms with E-state index in [0.29, 0.717) is 43.2 Å². The van der Waals surface area contributed by atoms with E-state index in [-0.39, 0.29) is 11.9 Å². The minimum absolute atomic E-state index is 0.197. The maximum absolute atomic E-state index is 13.3. The lowest BCUT2D eigenvalue weighted by Crippen LogP contribution is -2.41. The van der Waals surface area contributed by atoms with Gasteiger partial charge in [-0.1, -0.05) is 54.6 Å². The number of carbonyl (C=O) groups is 1. The van der Waals surface area contributed by atoms with Crippen molar-refractivity contribution in [3.8, 4) is 5.75 Å². The first-order chi connectivity index (χ1) is 17.9. The van der Waals surface area contributed by atoms with Crippen molar-refractivity contribution in [2.24, 2.45) is 5.73 Å². The molecule has 0 unspecified atom stereocenters. The van der Waals surface area contributed by atoms with Crippen LogP contribution in [0.1, 0.15) is 42.0 Å². The maximum atomic E-state index is 13.3. The van der Waals surface area contributed by atoms with Crippen molar-refractivity contribution in [2.75, 3.05) is 17.7 Å². The Kier molecular flexibility index (Phi) is 9.29. The Morgan fingerprint density at radius 2 is 1.76 bits per heavy atom. The number of anilines is 1. The van der Waals surface area contributed by atoms with Crippen LogP contribution in [0.2, 0.25) is 0 Å². The number of hydrogen-bond donors (Lipinski definition) is 3. The predicted molar refractivity (Wildman–Crippen MR) is 143 cm³/mol. The molecule has 8 nitrogen and oxygen atoms in total. The smallest absolute Gasteiger partial charge is 0.247 e. The number of sulfonamides is 1. The lowest BCUT2D eigenvalue weighted by molar-refractivity contribution is -0.117. The molecule has 4 rings (SSSR count). The van der Waals surface area contributed by atoms with Gasteiger partial charge < -0.3 is 20.5 Å². The third-order valence-corrected chi connectivity index (χ3v) is 7.54. The van der Waals surface area contributed by atoms with Crippen LogP contribution >= 0.6 is 0 Å². The third-order valence-electron chi connectivity index (χ3n) is 6.13. The highest BCUT2D eigenvalue weighted by Gasteiger charge is 2.29. The van der Waals surface area contributed by atoms with Crippen LogP contribution in [0.3, 0.4) is 0 Å². The Bertz CT molecular complexity index is 1260. The molecule has 4 N–H and O–H groups in total. The molecule has 0 bridgehead atoms. The van der Waals surface area contributed by atoms with Gasteiger partial charge in [0.2, 0.25) is 15.9 Å². The van der Waals surface area contributed by atoms with Crippen LogP contribution in [0.15, 0.2) is 78.9 Å². The summed E-state index contributed by atoms with van der Waals surface area (Å²) in [6, 6.07) is 22.6. The Morgan fingerprint density at radius 1 is 1.00 bits per heavy atom. The van der Waals surface area contributed by atoms with Gasteiger partial charge in [0, 0.05) is 18.8 Å². The molecule has 0 radical (unpaired) electrons. The van der Waals surface area contributed by atoms with Gasteiger partial charge in [-0.05, 0) is 60.2 Å². The first-order valence-electron chi connectivity index (χ1n) is 12.4. The number of rotatable bonds is 11. The fourth-order valence-corrected chi connectivity index (χ4v) is 5.62. The second kappa shape index (κ2) is 12.8. The molecule has 0 saturated carbocycles. The van der Waals surface area contributed by atoms with Gasteiger partial charge in [0.15, 0.2) is 0 Å². The third kappa shape index (κ3) is 8.13. The average molecular weight is 524 g/mol. The maximum Gasteiger partial charge on any atom is 0.247 e. The van der Waals surface area contributed by atoms with E-state index in [9.17, 15) is 13.2 Å². The van der Waals surface area contributed by atoms with Crippen LogP contribution < -0.4 is 20.5 Å². The lowest BCUT2D eigenvalue weighted by Gasteiger charge is -2.24. The first kappa shape index (κ1) is 26.8. The van der Waals surface area contributed by atoms with E-state index in [2.05, 4.69) is 10.0 Å². The molecule has 0 aromatic heterocycles. The molecule has 2 atom stereocenters. The number of nitrogens with one attached hydrogen (secondary N) is 2. The van der Waals surface area contributed by atoms with Crippen LogP contribution in [0, 0.1) is 0 Å². The lowest BCUT2D eigenvalue weighted by atomic mass is 10.1. The van der Waals surface area contributed by atoms with Crippen LogP contribution in [0.4, 0.5) is 5.69 Å². The molecule has 1 saturated heterocycles. The van der Waals surface area contributed by atoms with Crippen molar-refractivity contribution in [1.29, 1.82) is 0 Å². The fraction of sp³-hybridized carbons (Fsp3) is 0.321. The summed E-state index contributed by atoms with van der Waals surface area (Å²) in [5.74, 6) is -0.0846. The predicted octanol–water partition coefficient (Wildman–Crippen LogP) is 3.89. The molecule has 1 amide bonds. The van der Waals surface area contributed by atoms with Crippen molar-refractivity contribution in [2.45, 2.75) is 44.6 Å². The normalized spacial score (nSPS) is 16.6. The van der Waals surface area contributed by atoms with E-state index in [0.717, 1.165) is 24.0 Å². The number of nitrogens with two attached hydrogens (primary N) is 1. The van der Waals surface area contributed by atoms with Crippen LogP contribution in [0.25, 0.3) is 0 Å². The Labute approximate surface area is 218 Å². The summed E-state index contributed by atoms with van der Waals surface area (Å²) in [6.07, 6.45) is 2.14. The minimum atomic E-state index is -3.82. The summed E-state index contributed by atoms with van der Waals surface area (Å²) in [4.78, 5) is 13.3. The van der Waals surface area contributed by atoms with Crippen molar-refractivity contribution in [3.05, 3.63) is 95.6 Å². The largest absolute Gasteiger partial charge is 0.489 e. The molecule has 3 aromatic carbocycles. The number of hydrogen-bond acceptors (Lipinski definition) is 6. The molecule has 3 aromatic rings. The van der Waals surface area contributed by atoms with Crippen molar-refractivity contribution < 1.29 is 22.7 Å². The fourth-order valence-electron chi connectivity index (χ4n) is 4.17. The van der Waals surface area contributed by atoms with Gasteiger partial charge >= 0.3 is 0 Å². The summed E-state index contributed by atoms with van der Waals surface area (Å²) in [5.41, 5.74) is 8.63. The summed E-state index contributed by atoms with van der Waals surface area (Å²) in [6.45, 7) is 1.27. The zero-order chi connectivity index (χ0) is 26.1. The number of ether oxygens (including phenoxy) is 2. The Hall–Kier alpha value is -3.24. The van der Waals surface area contributed by atoms with Gasteiger partial charge in [-0.2, -0.15) is 4.72 Å². The standard InChI is InChI=1S/C28H33N3O5S/c29-18-22-9-6-10-24(17-22)30-28(32)27(31-37(33,34)20-26-11-4-5-16-35-26)23-12-14-25(15-13-23)36-19-21-7-2-1-3-8-21/h1-3,6-10,12-15,17,26-27,31H,4-5,11,16,18-20,29H2,(H,30,32)/t26-,27+/m1/s1. The summed E-state index contributed by atoms with van der Waals surface area (Å²) < 4.78 is 40.2. The Balaban J connectivity index is 1.51. The van der Waals surface area contributed by atoms with Crippen molar-refractivity contribution in [3.63, 3.8) is 0 Å². The van der Waals surface area contributed by atoms with Crippen molar-refractivity contribution in [1.82, 2.24) is 4.72 Å². The topological polar surface area (TPSA) is 120 Å². The molecule has 0 aliphatic carbocycles. The average Bonchev–Trinajstić information content (AvgIpc) is 2.92. The van der Waals surface area contributed by atoms with Gasteiger partial charge in [-0.25, -0.2) is 8.42 Å². The van der Waals surface area contributed by atoms with Crippen LogP contribution in [0.5, 0.6) is 5.75 Å². The molecular formula is C28H33N3O5S. The van der Waals surface area contributed by atoms with Gasteiger partial charge in [0.1, 0.15) is 18.4 Å². The monoisotopic (exact) mass is 523 g/mol. The van der Waals surface area contributed by atoms with E-state index in [4.69, 9.17) is 15.2 Å². The second-order valence-electron chi connectivity index (χ2n) is 9.06. The molecular weight excluding hydrogens is 490 g/mol. The Morgan fingerprint density at radius 3 is 2.46 bits per heavy atom. The number of benzene rings is 3. The van der Waals surface area contributed by atoms with E-state index in [1.54, 1.807) is 42.5 Å². The van der Waals surface area contributed by atoms with Gasteiger partial charge in [0.05, 0.1) is 11.9 Å². The molecule has 1 heterocycles. The second-order valence-corrected chi connectivity index (χ2v) is 10.9. The quantitative estimate of drug-likeness (QED) is 0.351. The first-order valence-corrected chi connectivity index (χ1v) is 14.1. The van der Waals surface area contributed by atoms with E-state index >= 15 is 0 Å². The molecule has 37 heavy (non-hydrogen) atoms. The zero-order valence-electron chi connectivity index (χ0n) is 20.6. The molecule has 1 aliphatic rings. The van der Waals surface area contributed by atoms with Gasteiger partial charge in [0.25, 0.3) is 0 Å². The number of amides is 1. The van der Waals surface area contributed by atoms with E-state index < -0.39 is 22.0 Å². The molecule has 0 spiro atoms. The summed E-state index contributed by atoms with van der Waals surface area (Å²) in [5, 5.41) is 2.82. The molecule has 9 heteroatoms. The van der Waals surface area contributed by atoms with E-state index in [1.165, 1.54) is 0 Å². The highest BCUT2D eigenvalue weighted by atomic mass is 32.2. The van der Waals surface area contributed by atoms with Crippen molar-refractivity contribution >= 4 is 21.6 Å². The molecule has 196 valence electrons. The van der Waals surface area contributed by atoms with Crippen LogP contribution in [-0.2, 0) is 32.7 Å². The molecule has 1 aliphatic heterocycles. The zero-order valence-corrected chi connectivity index (χ0v) is 21.5. The van der Waals surface area contributed by atoms with E-state index in [1.807, 2.05) is 36.4 Å².